The molecule has 0 aliphatic carbocycles. The second-order valence-electron chi connectivity index (χ2n) is 6.98. The van der Waals surface area contributed by atoms with Crippen molar-refractivity contribution in [2.24, 2.45) is 5.14 Å². The van der Waals surface area contributed by atoms with E-state index in [1.54, 1.807) is 11.3 Å². The van der Waals surface area contributed by atoms with E-state index in [4.69, 9.17) is 18.1 Å². The lowest BCUT2D eigenvalue weighted by Crippen LogP contribution is -2.36. The predicted molar refractivity (Wildman–Crippen MR) is 130 cm³/mol. The lowest BCUT2D eigenvalue weighted by molar-refractivity contribution is 0.122. The number of morpholine rings is 1. The van der Waals surface area contributed by atoms with Gasteiger partial charge in [0.15, 0.2) is 10.9 Å². The molecule has 0 amide bonds. The number of aromatic nitrogens is 2. The van der Waals surface area contributed by atoms with Gasteiger partial charge in [-0.1, -0.05) is 30.3 Å². The molecule has 1 fully saturated rings. The van der Waals surface area contributed by atoms with Crippen LogP contribution >= 0.6 is 11.3 Å². The van der Waals surface area contributed by atoms with Crippen molar-refractivity contribution in [1.82, 2.24) is 9.97 Å². The van der Waals surface area contributed by atoms with Gasteiger partial charge in [0.2, 0.25) is 5.95 Å². The number of rotatable bonds is 4. The summed E-state index contributed by atoms with van der Waals surface area (Å²) in [4.78, 5) is 11.6. The molecule has 0 spiro atoms. The third-order valence-corrected chi connectivity index (χ3v) is 5.80. The fraction of sp³-hybridized carbons (Fsp3) is 0.182. The largest absolute Gasteiger partial charge is 0.378 e. The van der Waals surface area contributed by atoms with Crippen LogP contribution in [-0.2, 0) is 15.6 Å². The molecular weight excluding hydrogens is 446 g/mol. The van der Waals surface area contributed by atoms with Gasteiger partial charge in [0.05, 0.1) is 29.6 Å². The van der Waals surface area contributed by atoms with Crippen LogP contribution in [0.5, 0.6) is 0 Å². The first-order chi connectivity index (χ1) is 15.6. The molecule has 3 N–H and O–H groups in total. The zero-order chi connectivity index (χ0) is 22.3. The Kier molecular flexibility index (Phi) is 7.28. The van der Waals surface area contributed by atoms with Gasteiger partial charge in [0.25, 0.3) is 0 Å². The highest BCUT2D eigenvalue weighted by Gasteiger charge is 2.12. The average Bonchev–Trinajstić information content (AvgIpc) is 3.24. The highest BCUT2D eigenvalue weighted by atomic mass is 32.2. The zero-order valence-electron chi connectivity index (χ0n) is 17.2. The normalized spacial score (nSPS) is 13.6. The summed E-state index contributed by atoms with van der Waals surface area (Å²) >= 11 is 1.67. The van der Waals surface area contributed by atoms with E-state index in [0.29, 0.717) is 5.95 Å². The van der Waals surface area contributed by atoms with Crippen LogP contribution in [0.15, 0.2) is 66.2 Å². The Morgan fingerprint density at radius 3 is 2.41 bits per heavy atom. The molecule has 166 valence electrons. The van der Waals surface area contributed by atoms with Gasteiger partial charge >= 0.3 is 0 Å². The number of nitrogens with one attached hydrogen (secondary N) is 1. The number of ether oxygens (including phenoxy) is 1. The average molecular weight is 470 g/mol. The number of hydrogen-bond acceptors (Lipinski definition) is 8. The van der Waals surface area contributed by atoms with Gasteiger partial charge < -0.3 is 15.0 Å². The SMILES string of the molecule is N[SH](=O)=O.c1ccc(-c2csc3cnc(Nc4ccc(N5CCOCC5)cc4)nc23)cc1. The quantitative estimate of drug-likeness (QED) is 0.393. The zero-order valence-corrected chi connectivity index (χ0v) is 18.9. The highest BCUT2D eigenvalue weighted by molar-refractivity contribution is 7.69. The van der Waals surface area contributed by atoms with Crippen LogP contribution in [0.2, 0.25) is 0 Å². The van der Waals surface area contributed by atoms with Crippen molar-refractivity contribution in [2.75, 3.05) is 36.5 Å². The first-order valence-electron chi connectivity index (χ1n) is 9.99. The summed E-state index contributed by atoms with van der Waals surface area (Å²) in [6.07, 6.45) is 1.89. The molecule has 0 bridgehead atoms. The lowest BCUT2D eigenvalue weighted by atomic mass is 10.1. The van der Waals surface area contributed by atoms with Crippen LogP contribution in [0.1, 0.15) is 0 Å². The molecule has 1 saturated heterocycles. The van der Waals surface area contributed by atoms with Crippen molar-refractivity contribution in [3.63, 3.8) is 0 Å². The third kappa shape index (κ3) is 5.60. The summed E-state index contributed by atoms with van der Waals surface area (Å²) in [5, 5.41) is 9.55. The third-order valence-electron chi connectivity index (χ3n) is 4.90. The molecule has 0 unspecified atom stereocenters. The smallest absolute Gasteiger partial charge is 0.227 e. The van der Waals surface area contributed by atoms with Gasteiger partial charge in [-0.05, 0) is 29.8 Å². The Hall–Kier alpha value is -3.05. The summed E-state index contributed by atoms with van der Waals surface area (Å²) < 4.78 is 24.1. The molecule has 32 heavy (non-hydrogen) atoms. The van der Waals surface area contributed by atoms with E-state index in [-0.39, 0.29) is 0 Å². The van der Waals surface area contributed by atoms with E-state index in [0.717, 1.165) is 47.8 Å². The molecule has 1 aliphatic heterocycles. The Morgan fingerprint density at radius 1 is 1.03 bits per heavy atom. The molecule has 2 aromatic heterocycles. The minimum absolute atomic E-state index is 0.613. The van der Waals surface area contributed by atoms with Crippen LogP contribution in [0.4, 0.5) is 17.3 Å². The summed E-state index contributed by atoms with van der Waals surface area (Å²) in [5.74, 6) is 0.613. The highest BCUT2D eigenvalue weighted by Crippen LogP contribution is 2.33. The van der Waals surface area contributed by atoms with Crippen molar-refractivity contribution in [3.8, 4) is 11.1 Å². The van der Waals surface area contributed by atoms with Gasteiger partial charge in [-0.3, -0.25) is 0 Å². The minimum atomic E-state index is -2.62. The molecule has 0 atom stereocenters. The predicted octanol–water partition coefficient (Wildman–Crippen LogP) is 3.41. The van der Waals surface area contributed by atoms with Gasteiger partial charge in [-0.15, -0.1) is 11.3 Å². The fourth-order valence-electron chi connectivity index (χ4n) is 3.42. The number of thiophene rings is 1. The van der Waals surface area contributed by atoms with E-state index in [2.05, 4.69) is 74.3 Å². The fourth-order valence-corrected chi connectivity index (χ4v) is 4.29. The number of benzene rings is 2. The van der Waals surface area contributed by atoms with Crippen LogP contribution < -0.4 is 15.4 Å². The molecule has 3 heterocycles. The summed E-state index contributed by atoms with van der Waals surface area (Å²) in [6.45, 7) is 3.45. The Morgan fingerprint density at radius 2 is 1.72 bits per heavy atom. The molecule has 1 aliphatic rings. The van der Waals surface area contributed by atoms with E-state index in [1.165, 1.54) is 11.3 Å². The van der Waals surface area contributed by atoms with Crippen LogP contribution in [0, 0.1) is 0 Å². The molecule has 4 aromatic rings. The maximum Gasteiger partial charge on any atom is 0.227 e. The number of hydrogen-bond donors (Lipinski definition) is 3. The number of fused-ring (bicyclic) bond motifs is 1. The Bertz CT molecular complexity index is 1230. The summed E-state index contributed by atoms with van der Waals surface area (Å²) in [5.41, 5.74) is 5.50. The van der Waals surface area contributed by atoms with Crippen molar-refractivity contribution in [3.05, 3.63) is 66.2 Å². The molecule has 5 rings (SSSR count). The van der Waals surface area contributed by atoms with Gasteiger partial charge in [-0.25, -0.2) is 23.5 Å². The van der Waals surface area contributed by atoms with Crippen molar-refractivity contribution >= 4 is 49.8 Å². The topological polar surface area (TPSA) is 110 Å². The summed E-state index contributed by atoms with van der Waals surface area (Å²) in [6, 6.07) is 18.8. The first-order valence-corrected chi connectivity index (χ1v) is 12.1. The second kappa shape index (κ2) is 10.5. The van der Waals surface area contributed by atoms with Crippen molar-refractivity contribution in [1.29, 1.82) is 0 Å². The van der Waals surface area contributed by atoms with Gasteiger partial charge in [-0.2, -0.15) is 0 Å². The molecule has 0 saturated carbocycles. The second-order valence-corrected chi connectivity index (χ2v) is 8.46. The summed E-state index contributed by atoms with van der Waals surface area (Å²) in [7, 11) is -2.62. The van der Waals surface area contributed by atoms with Crippen molar-refractivity contribution in [2.45, 2.75) is 0 Å². The molecular formula is C22H23N5O3S2. The Labute approximate surface area is 191 Å². The number of nitrogens with zero attached hydrogens (tertiary/aromatic N) is 3. The van der Waals surface area contributed by atoms with E-state index in [9.17, 15) is 0 Å². The van der Waals surface area contributed by atoms with E-state index < -0.39 is 10.9 Å². The number of nitrogens with two attached hydrogens (primary N) is 1. The molecule has 8 nitrogen and oxygen atoms in total. The minimum Gasteiger partial charge on any atom is -0.378 e. The molecule has 2 aromatic carbocycles. The maximum atomic E-state index is 8.81. The van der Waals surface area contributed by atoms with Crippen molar-refractivity contribution < 1.29 is 13.2 Å². The molecule has 0 radical (unpaired) electrons. The monoisotopic (exact) mass is 469 g/mol. The number of anilines is 3. The number of thiol groups is 1. The van der Waals surface area contributed by atoms with Crippen LogP contribution in [0.3, 0.4) is 0 Å². The van der Waals surface area contributed by atoms with Crippen LogP contribution in [-0.4, -0.2) is 44.7 Å². The lowest BCUT2D eigenvalue weighted by Gasteiger charge is -2.28. The van der Waals surface area contributed by atoms with Gasteiger partial charge in [0, 0.05) is 35.4 Å². The Balaban J connectivity index is 0.000000567. The van der Waals surface area contributed by atoms with E-state index >= 15 is 0 Å². The van der Waals surface area contributed by atoms with Gasteiger partial charge in [0.1, 0.15) is 0 Å². The maximum absolute atomic E-state index is 8.81. The standard InChI is InChI=1S/C22H20N4OS.H3NO2S/c1-2-4-16(5-3-1)19-15-28-20-14-23-22(25-21(19)20)24-17-6-8-18(9-7-17)26-10-12-27-13-11-26;1-4(2)3/h1-9,14-15H,10-13H2,(H,23,24,25);4H,(H2,1,2,3). The molecule has 10 heteroatoms. The first kappa shape index (κ1) is 22.2. The van der Waals surface area contributed by atoms with Crippen LogP contribution in [0.25, 0.3) is 21.3 Å². The van der Waals surface area contributed by atoms with E-state index in [1.807, 2.05) is 12.3 Å².